The van der Waals surface area contributed by atoms with Crippen LogP contribution < -0.4 is 21.1 Å². The predicted molar refractivity (Wildman–Crippen MR) is 162 cm³/mol. The highest BCUT2D eigenvalue weighted by Crippen LogP contribution is 2.35. The first-order chi connectivity index (χ1) is 21.3. The number of aliphatic carboxylic acids is 1. The number of alkyl halides is 3. The van der Waals surface area contributed by atoms with Crippen LogP contribution in [-0.4, -0.2) is 48.4 Å². The summed E-state index contributed by atoms with van der Waals surface area (Å²) >= 11 is 0. The number of rotatable bonds is 10. The second kappa shape index (κ2) is 13.8. The Bertz CT molecular complexity index is 1800. The minimum absolute atomic E-state index is 0.0875. The van der Waals surface area contributed by atoms with Crippen molar-refractivity contribution in [2.45, 2.75) is 48.7 Å². The summed E-state index contributed by atoms with van der Waals surface area (Å²) in [6, 6.07) is 21.0. The molecule has 1 aliphatic carbocycles. The Labute approximate surface area is 257 Å². The summed E-state index contributed by atoms with van der Waals surface area (Å²) in [6.07, 6.45) is -2.08. The van der Waals surface area contributed by atoms with Gasteiger partial charge in [-0.25, -0.2) is 18.2 Å². The molecule has 238 valence electrons. The van der Waals surface area contributed by atoms with Crippen molar-refractivity contribution in [1.82, 2.24) is 10.3 Å². The third-order valence-electron chi connectivity index (χ3n) is 6.81. The van der Waals surface area contributed by atoms with Gasteiger partial charge in [0.2, 0.25) is 5.91 Å². The average molecular weight is 645 g/mol. The van der Waals surface area contributed by atoms with Crippen molar-refractivity contribution in [1.29, 1.82) is 0 Å². The Morgan fingerprint density at radius 2 is 1.78 bits per heavy atom. The number of sulfone groups is 1. The lowest BCUT2D eigenvalue weighted by Gasteiger charge is -2.21. The summed E-state index contributed by atoms with van der Waals surface area (Å²) in [5, 5.41) is 14.8. The quantitative estimate of drug-likeness (QED) is 0.181. The van der Waals surface area contributed by atoms with Crippen LogP contribution in [0.1, 0.15) is 36.9 Å². The van der Waals surface area contributed by atoms with Gasteiger partial charge < -0.3 is 26.2 Å². The Morgan fingerprint density at radius 1 is 1.07 bits per heavy atom. The van der Waals surface area contributed by atoms with Gasteiger partial charge in [0.05, 0.1) is 16.8 Å². The predicted octanol–water partition coefficient (Wildman–Crippen LogP) is 5.25. The fraction of sp³-hybridized carbons (Fsp3) is 0.258. The van der Waals surface area contributed by atoms with E-state index in [0.29, 0.717) is 42.1 Å². The van der Waals surface area contributed by atoms with E-state index in [9.17, 15) is 26.4 Å². The molecule has 1 aliphatic rings. The van der Waals surface area contributed by atoms with Crippen LogP contribution >= 0.6 is 0 Å². The lowest BCUT2D eigenvalue weighted by atomic mass is 10.0. The number of benzene rings is 3. The standard InChI is InChI=1S/C29H30N4O4S.C2HF3O2/c1-2-37-23-8-5-7-20(17-23)27(33-22-10-13-25-19(16-22)14-15-31-28(25)30)29(34)32-18-21-6-3-4-9-26(21)38(35,36)24-11-12-24;3-2(4,5)1(6)7/h3-10,13-17,24,27,33H,2,11-12,18H2,1H3,(H2,30,31)(H,32,34);(H,6,7). The van der Waals surface area contributed by atoms with Crippen LogP contribution in [-0.2, 0) is 26.0 Å². The second-order valence-corrected chi connectivity index (χ2v) is 12.3. The fourth-order valence-corrected chi connectivity index (χ4v) is 6.37. The molecule has 5 rings (SSSR count). The highest BCUT2D eigenvalue weighted by atomic mass is 32.2. The van der Waals surface area contributed by atoms with Crippen molar-refractivity contribution < 1.29 is 41.0 Å². The topological polar surface area (TPSA) is 161 Å². The molecule has 45 heavy (non-hydrogen) atoms. The number of fused-ring (bicyclic) bond motifs is 1. The maximum absolute atomic E-state index is 13.6. The molecule has 1 aromatic heterocycles. The number of carboxylic acids is 1. The first-order valence-corrected chi connectivity index (χ1v) is 15.4. The van der Waals surface area contributed by atoms with E-state index in [2.05, 4.69) is 15.6 Å². The Balaban J connectivity index is 0.000000591. The van der Waals surface area contributed by atoms with Gasteiger partial charge >= 0.3 is 12.1 Å². The summed E-state index contributed by atoms with van der Waals surface area (Å²) in [7, 11) is -3.40. The summed E-state index contributed by atoms with van der Waals surface area (Å²) in [6.45, 7) is 2.49. The first-order valence-electron chi connectivity index (χ1n) is 13.8. The molecule has 1 amide bonds. The molecule has 10 nitrogen and oxygen atoms in total. The third-order valence-corrected chi connectivity index (χ3v) is 9.17. The minimum Gasteiger partial charge on any atom is -0.494 e. The maximum Gasteiger partial charge on any atom is 0.490 e. The van der Waals surface area contributed by atoms with Crippen LogP contribution in [0.15, 0.2) is 83.9 Å². The van der Waals surface area contributed by atoms with Crippen LogP contribution in [0.5, 0.6) is 5.75 Å². The molecule has 0 spiro atoms. The first kappa shape index (κ1) is 33.1. The van der Waals surface area contributed by atoms with Crippen molar-refractivity contribution >= 4 is 44.0 Å². The molecule has 1 fully saturated rings. The van der Waals surface area contributed by atoms with Crippen molar-refractivity contribution in [3.8, 4) is 5.75 Å². The molecular weight excluding hydrogens is 613 g/mol. The van der Waals surface area contributed by atoms with Crippen molar-refractivity contribution in [2.75, 3.05) is 17.7 Å². The van der Waals surface area contributed by atoms with Gasteiger partial charge in [0.25, 0.3) is 0 Å². The Kier molecular flexibility index (Phi) is 10.2. The molecular formula is C31H31F3N4O6S. The second-order valence-electron chi connectivity index (χ2n) is 10.1. The lowest BCUT2D eigenvalue weighted by molar-refractivity contribution is -0.192. The van der Waals surface area contributed by atoms with Crippen LogP contribution in [0, 0.1) is 0 Å². The van der Waals surface area contributed by atoms with E-state index in [0.717, 1.165) is 16.5 Å². The lowest BCUT2D eigenvalue weighted by Crippen LogP contribution is -2.33. The third kappa shape index (κ3) is 8.41. The molecule has 1 unspecified atom stereocenters. The highest BCUT2D eigenvalue weighted by Gasteiger charge is 2.39. The van der Waals surface area contributed by atoms with Gasteiger partial charge in [-0.2, -0.15) is 13.2 Å². The minimum atomic E-state index is -5.08. The summed E-state index contributed by atoms with van der Waals surface area (Å²) < 4.78 is 63.3. The number of pyridine rings is 1. The molecule has 4 aromatic rings. The zero-order valence-corrected chi connectivity index (χ0v) is 24.9. The number of amides is 1. The van der Waals surface area contributed by atoms with Crippen LogP contribution in [0.3, 0.4) is 0 Å². The molecule has 1 atom stereocenters. The normalized spacial score (nSPS) is 13.7. The zero-order chi connectivity index (χ0) is 32.8. The number of nitrogens with one attached hydrogen (secondary N) is 2. The van der Waals surface area contributed by atoms with Crippen molar-refractivity contribution in [3.63, 3.8) is 0 Å². The number of hydrogen-bond acceptors (Lipinski definition) is 8. The van der Waals surface area contributed by atoms with Gasteiger partial charge in [-0.1, -0.05) is 30.3 Å². The molecule has 0 radical (unpaired) electrons. The Morgan fingerprint density at radius 3 is 2.44 bits per heavy atom. The van der Waals surface area contributed by atoms with E-state index < -0.39 is 28.0 Å². The molecule has 0 saturated heterocycles. The smallest absolute Gasteiger partial charge is 0.490 e. The molecule has 1 saturated carbocycles. The van der Waals surface area contributed by atoms with Gasteiger partial charge in [-0.3, -0.25) is 4.79 Å². The summed E-state index contributed by atoms with van der Waals surface area (Å²) in [4.78, 5) is 26.9. The highest BCUT2D eigenvalue weighted by molar-refractivity contribution is 7.92. The average Bonchev–Trinajstić information content (AvgIpc) is 3.86. The van der Waals surface area contributed by atoms with E-state index in [1.54, 1.807) is 30.5 Å². The molecule has 0 aliphatic heterocycles. The number of hydrogen-bond donors (Lipinski definition) is 4. The molecule has 14 heteroatoms. The van der Waals surface area contributed by atoms with Gasteiger partial charge in [0.15, 0.2) is 9.84 Å². The van der Waals surface area contributed by atoms with Crippen molar-refractivity contribution in [2.24, 2.45) is 0 Å². The molecule has 3 aromatic carbocycles. The van der Waals surface area contributed by atoms with Gasteiger partial charge in [0.1, 0.15) is 17.6 Å². The number of carbonyl (C=O) groups is 2. The van der Waals surface area contributed by atoms with E-state index >= 15 is 0 Å². The monoisotopic (exact) mass is 644 g/mol. The molecule has 0 bridgehead atoms. The van der Waals surface area contributed by atoms with Gasteiger partial charge in [-0.05, 0) is 78.7 Å². The van der Waals surface area contributed by atoms with E-state index in [-0.39, 0.29) is 22.6 Å². The van der Waals surface area contributed by atoms with E-state index in [4.69, 9.17) is 20.4 Å². The summed E-state index contributed by atoms with van der Waals surface area (Å²) in [5.41, 5.74) is 8.01. The van der Waals surface area contributed by atoms with Gasteiger partial charge in [0, 0.05) is 23.8 Å². The number of ether oxygens (including phenoxy) is 1. The van der Waals surface area contributed by atoms with Crippen molar-refractivity contribution in [3.05, 3.63) is 90.1 Å². The zero-order valence-electron chi connectivity index (χ0n) is 24.0. The maximum atomic E-state index is 13.6. The summed E-state index contributed by atoms with van der Waals surface area (Å²) in [5.74, 6) is -1.96. The van der Waals surface area contributed by atoms with Crippen LogP contribution in [0.25, 0.3) is 10.8 Å². The number of aromatic nitrogens is 1. The fourth-order valence-electron chi connectivity index (χ4n) is 4.48. The SMILES string of the molecule is CCOc1cccc(C(Nc2ccc3c(N)nccc3c2)C(=O)NCc2ccccc2S(=O)(=O)C2CC2)c1.O=C(O)C(F)(F)F. The molecule has 1 heterocycles. The van der Waals surface area contributed by atoms with Crippen LogP contribution in [0.2, 0.25) is 0 Å². The molecule has 5 N–H and O–H groups in total. The number of nitrogens with zero attached hydrogens (tertiary/aromatic N) is 1. The van der Waals surface area contributed by atoms with Gasteiger partial charge in [-0.15, -0.1) is 0 Å². The number of carbonyl (C=O) groups excluding carboxylic acids is 1. The number of nitrogen functional groups attached to an aromatic ring is 1. The number of halogens is 3. The van der Waals surface area contributed by atoms with E-state index in [1.165, 1.54) is 0 Å². The van der Waals surface area contributed by atoms with Crippen LogP contribution in [0.4, 0.5) is 24.7 Å². The number of anilines is 2. The number of carboxylic acid groups (broad SMARTS) is 1. The largest absolute Gasteiger partial charge is 0.494 e. The van der Waals surface area contributed by atoms with E-state index in [1.807, 2.05) is 55.5 Å². The Hall–Kier alpha value is -4.85. The number of nitrogens with two attached hydrogens (primary N) is 1.